The second kappa shape index (κ2) is 7.85. The lowest BCUT2D eigenvalue weighted by atomic mass is 9.81. The molecule has 0 saturated heterocycles. The lowest BCUT2D eigenvalue weighted by Gasteiger charge is -2.43. The maximum Gasteiger partial charge on any atom is 0.312 e. The average molecular weight is 422 g/mol. The number of carbonyl (C=O) groups is 1. The van der Waals surface area contributed by atoms with E-state index in [1.54, 1.807) is 6.92 Å². The molecule has 0 fully saturated rings. The summed E-state index contributed by atoms with van der Waals surface area (Å²) >= 11 is 0. The van der Waals surface area contributed by atoms with E-state index < -0.39 is 35.4 Å². The Balaban J connectivity index is 1.99. The molecule has 1 amide bonds. The van der Waals surface area contributed by atoms with E-state index in [0.29, 0.717) is 11.3 Å². The summed E-state index contributed by atoms with van der Waals surface area (Å²) in [5.74, 6) is -4.01. The van der Waals surface area contributed by atoms with Crippen molar-refractivity contribution >= 4 is 17.7 Å². The molecule has 1 aliphatic heterocycles. The highest BCUT2D eigenvalue weighted by atomic mass is 19.3. The lowest BCUT2D eigenvalue weighted by Crippen LogP contribution is -2.50. The molecule has 3 rings (SSSR count). The molecule has 1 atom stereocenters. The number of aromatic nitrogens is 1. The highest BCUT2D eigenvalue weighted by molar-refractivity contribution is 6.04. The minimum Gasteiger partial charge on any atom is -0.419 e. The molecule has 30 heavy (non-hydrogen) atoms. The third-order valence-corrected chi connectivity index (χ3v) is 5.15. The fourth-order valence-electron chi connectivity index (χ4n) is 3.29. The predicted molar refractivity (Wildman–Crippen MR) is 101 cm³/mol. The number of halogens is 4. The van der Waals surface area contributed by atoms with E-state index in [1.165, 1.54) is 37.3 Å². The van der Waals surface area contributed by atoms with E-state index in [4.69, 9.17) is 10.1 Å². The van der Waals surface area contributed by atoms with Crippen molar-refractivity contribution in [3.05, 3.63) is 64.5 Å². The lowest BCUT2D eigenvalue weighted by molar-refractivity contribution is 0.0541. The summed E-state index contributed by atoms with van der Waals surface area (Å²) in [5, 5.41) is 7.16. The number of carbonyl (C=O) groups excluding carboxylic acids is 1. The maximum atomic E-state index is 13.8. The molecule has 1 N–H and O–H groups in total. The van der Waals surface area contributed by atoms with Crippen LogP contribution in [-0.2, 0) is 16.7 Å². The summed E-state index contributed by atoms with van der Waals surface area (Å²) in [6.45, 7) is 1.71. The number of benzene rings is 1. The zero-order valence-corrected chi connectivity index (χ0v) is 16.3. The van der Waals surface area contributed by atoms with E-state index in [0.717, 1.165) is 12.1 Å². The van der Waals surface area contributed by atoms with Gasteiger partial charge in [0.15, 0.2) is 11.6 Å². The number of likely N-dealkylation sites (N-methyl/N-ethyl adjacent to an activating group) is 1. The number of nitrogens with zero attached hydrogens (tertiary/aromatic N) is 3. The van der Waals surface area contributed by atoms with Gasteiger partial charge in [0.2, 0.25) is 5.90 Å². The third kappa shape index (κ3) is 3.64. The minimum absolute atomic E-state index is 0.153. The summed E-state index contributed by atoms with van der Waals surface area (Å²) in [6, 6.07) is 4.85. The van der Waals surface area contributed by atoms with Crippen LogP contribution in [0.2, 0.25) is 0 Å². The van der Waals surface area contributed by atoms with Gasteiger partial charge in [0.1, 0.15) is 0 Å². The molecular weight excluding hydrogens is 404 g/mol. The van der Waals surface area contributed by atoms with Crippen molar-refractivity contribution < 1.29 is 27.1 Å². The number of fused-ring (bicyclic) bond motifs is 1. The molecule has 1 unspecified atom stereocenters. The Kier molecular flexibility index (Phi) is 5.60. The van der Waals surface area contributed by atoms with Crippen LogP contribution in [-0.4, -0.2) is 48.1 Å². The molecule has 6 nitrogen and oxygen atoms in total. The number of rotatable bonds is 3. The number of ether oxygens (including phenoxy) is 1. The smallest absolute Gasteiger partial charge is 0.312 e. The zero-order valence-electron chi connectivity index (χ0n) is 16.3. The standard InChI is InChI=1S/C20H18F4N4O2/c1-20(11-4-5-13(21)14(22)7-11)8-15-12(19(29)28(20)3)6-10(9-27-15)18(26-2)30-17(25)16(23)24/h4-7,9,16,25H,8H2,1-3H3. The van der Waals surface area contributed by atoms with Gasteiger partial charge in [-0.3, -0.25) is 20.2 Å². The molecule has 10 heteroatoms. The van der Waals surface area contributed by atoms with Gasteiger partial charge in [0.25, 0.3) is 11.8 Å². The van der Waals surface area contributed by atoms with Crippen LogP contribution in [0, 0.1) is 17.0 Å². The second-order valence-corrected chi connectivity index (χ2v) is 6.96. The van der Waals surface area contributed by atoms with Crippen LogP contribution < -0.4 is 0 Å². The topological polar surface area (TPSA) is 78.6 Å². The maximum absolute atomic E-state index is 13.8. The Bertz CT molecular complexity index is 1060. The van der Waals surface area contributed by atoms with Gasteiger partial charge < -0.3 is 9.64 Å². The summed E-state index contributed by atoms with van der Waals surface area (Å²) in [7, 11) is 2.82. The molecule has 1 aromatic carbocycles. The van der Waals surface area contributed by atoms with Crippen molar-refractivity contribution in [2.45, 2.75) is 25.3 Å². The van der Waals surface area contributed by atoms with Gasteiger partial charge in [-0.2, -0.15) is 8.78 Å². The number of alkyl halides is 2. The van der Waals surface area contributed by atoms with E-state index >= 15 is 0 Å². The summed E-state index contributed by atoms with van der Waals surface area (Å²) in [6.07, 6.45) is -1.61. The van der Waals surface area contributed by atoms with Gasteiger partial charge in [-0.25, -0.2) is 8.78 Å². The van der Waals surface area contributed by atoms with Gasteiger partial charge in [-0.05, 0) is 30.7 Å². The molecule has 0 aliphatic carbocycles. The molecule has 0 radical (unpaired) electrons. The van der Waals surface area contributed by atoms with Crippen molar-refractivity contribution in [3.63, 3.8) is 0 Å². The first-order valence-electron chi connectivity index (χ1n) is 8.82. The van der Waals surface area contributed by atoms with Crippen LogP contribution in [0.3, 0.4) is 0 Å². The van der Waals surface area contributed by atoms with Gasteiger partial charge in [0.05, 0.1) is 22.4 Å². The van der Waals surface area contributed by atoms with Crippen molar-refractivity contribution in [1.82, 2.24) is 9.88 Å². The van der Waals surface area contributed by atoms with E-state index in [2.05, 4.69) is 9.98 Å². The van der Waals surface area contributed by atoms with Crippen molar-refractivity contribution in [1.29, 1.82) is 5.41 Å². The largest absolute Gasteiger partial charge is 0.419 e. The van der Waals surface area contributed by atoms with Crippen LogP contribution in [0.5, 0.6) is 0 Å². The molecule has 158 valence electrons. The molecule has 2 heterocycles. The van der Waals surface area contributed by atoms with Crippen LogP contribution in [0.4, 0.5) is 17.6 Å². The summed E-state index contributed by atoms with van der Waals surface area (Å²) in [4.78, 5) is 22.4. The van der Waals surface area contributed by atoms with Crippen LogP contribution in [0.25, 0.3) is 0 Å². The third-order valence-electron chi connectivity index (χ3n) is 5.15. The summed E-state index contributed by atoms with van der Waals surface area (Å²) < 4.78 is 57.1. The van der Waals surface area contributed by atoms with Crippen LogP contribution in [0.1, 0.15) is 34.1 Å². The van der Waals surface area contributed by atoms with Crippen LogP contribution in [0.15, 0.2) is 35.5 Å². The van der Waals surface area contributed by atoms with E-state index in [-0.39, 0.29) is 23.4 Å². The first kappa shape index (κ1) is 21.4. The van der Waals surface area contributed by atoms with Crippen molar-refractivity contribution in [2.24, 2.45) is 4.99 Å². The Morgan fingerprint density at radius 2 is 2.00 bits per heavy atom. The number of hydrogen-bond acceptors (Lipinski definition) is 5. The predicted octanol–water partition coefficient (Wildman–Crippen LogP) is 3.54. The van der Waals surface area contributed by atoms with Gasteiger partial charge in [0, 0.05) is 26.7 Å². The molecule has 1 aliphatic rings. The Morgan fingerprint density at radius 3 is 2.60 bits per heavy atom. The highest BCUT2D eigenvalue weighted by Gasteiger charge is 2.42. The Labute approximate surface area is 169 Å². The Morgan fingerprint density at radius 1 is 1.30 bits per heavy atom. The molecule has 0 saturated carbocycles. The number of hydrogen-bond donors (Lipinski definition) is 1. The molecule has 1 aromatic heterocycles. The van der Waals surface area contributed by atoms with Crippen molar-refractivity contribution in [3.8, 4) is 0 Å². The first-order valence-corrected chi connectivity index (χ1v) is 8.82. The molecule has 0 spiro atoms. The quantitative estimate of drug-likeness (QED) is 0.467. The molecular formula is C20H18F4N4O2. The van der Waals surface area contributed by atoms with E-state index in [1.807, 2.05) is 0 Å². The highest BCUT2D eigenvalue weighted by Crippen LogP contribution is 2.37. The first-order chi connectivity index (χ1) is 14.1. The van der Waals surface area contributed by atoms with Crippen molar-refractivity contribution in [2.75, 3.05) is 14.1 Å². The average Bonchev–Trinajstić information content (AvgIpc) is 2.72. The van der Waals surface area contributed by atoms with E-state index in [9.17, 15) is 22.4 Å². The monoisotopic (exact) mass is 422 g/mol. The summed E-state index contributed by atoms with van der Waals surface area (Å²) in [5.41, 5.74) is 0.165. The van der Waals surface area contributed by atoms with Crippen LogP contribution >= 0.6 is 0 Å². The van der Waals surface area contributed by atoms with Gasteiger partial charge in [-0.1, -0.05) is 6.07 Å². The van der Waals surface area contributed by atoms with Gasteiger partial charge in [-0.15, -0.1) is 0 Å². The normalized spacial score (nSPS) is 19.1. The minimum atomic E-state index is -3.11. The number of aliphatic imine (C=N–C) groups is 1. The second-order valence-electron chi connectivity index (χ2n) is 6.96. The zero-order chi connectivity index (χ0) is 22.2. The Hall–Kier alpha value is -3.30. The SMILES string of the molecule is CN=C(OC(=N)C(F)F)c1cnc2c(c1)C(=O)N(C)C(C)(c1ccc(F)c(F)c1)C2. The van der Waals surface area contributed by atoms with Gasteiger partial charge >= 0.3 is 6.43 Å². The molecule has 0 bridgehead atoms. The molecule has 2 aromatic rings. The fourth-order valence-corrected chi connectivity index (χ4v) is 3.29. The number of nitrogens with one attached hydrogen (secondary N) is 1. The number of pyridine rings is 1. The number of amides is 1. The fraction of sp³-hybridized carbons (Fsp3) is 0.300.